The van der Waals surface area contributed by atoms with Crippen LogP contribution < -0.4 is 5.56 Å². The summed E-state index contributed by atoms with van der Waals surface area (Å²) in [5, 5.41) is 13.1. The van der Waals surface area contributed by atoms with E-state index in [1.807, 2.05) is 0 Å². The van der Waals surface area contributed by atoms with Crippen LogP contribution in [0.15, 0.2) is 40.8 Å². The molecule has 0 saturated heterocycles. The molecule has 0 fully saturated rings. The lowest BCUT2D eigenvalue weighted by Crippen LogP contribution is -2.29. The van der Waals surface area contributed by atoms with Gasteiger partial charge in [0.05, 0.1) is 23.2 Å². The highest BCUT2D eigenvalue weighted by Crippen LogP contribution is 2.32. The summed E-state index contributed by atoms with van der Waals surface area (Å²) in [5.41, 5.74) is 0.645. The number of thiophene rings is 1. The molecule has 3 aromatic rings. The molecular formula is C17H15N3O5S. The summed E-state index contributed by atoms with van der Waals surface area (Å²) < 4.78 is 6.18. The van der Waals surface area contributed by atoms with Gasteiger partial charge in [0.25, 0.3) is 11.2 Å². The number of nitrogens with zero attached hydrogens (tertiary/aromatic N) is 3. The Labute approximate surface area is 151 Å². The topological polar surface area (TPSA) is 104 Å². The lowest BCUT2D eigenvalue weighted by molar-refractivity contribution is -0.384. The molecule has 0 unspecified atom stereocenters. The van der Waals surface area contributed by atoms with Crippen LogP contribution in [0.2, 0.25) is 0 Å². The van der Waals surface area contributed by atoms with E-state index in [0.717, 1.165) is 0 Å². The Hall–Kier alpha value is -3.07. The van der Waals surface area contributed by atoms with Gasteiger partial charge >= 0.3 is 5.97 Å². The molecule has 0 aliphatic carbocycles. The third-order valence-corrected chi connectivity index (χ3v) is 4.82. The molecule has 0 N–H and O–H groups in total. The monoisotopic (exact) mass is 373 g/mol. The number of esters is 1. The smallest absolute Gasteiger partial charge is 0.328 e. The van der Waals surface area contributed by atoms with Crippen molar-refractivity contribution in [3.8, 4) is 11.1 Å². The van der Waals surface area contributed by atoms with Gasteiger partial charge in [-0.15, -0.1) is 11.3 Å². The Kier molecular flexibility index (Phi) is 4.81. The molecule has 0 bridgehead atoms. The molecule has 0 amide bonds. The molecule has 0 saturated carbocycles. The van der Waals surface area contributed by atoms with Gasteiger partial charge in [-0.05, 0) is 19.4 Å². The second-order valence-electron chi connectivity index (χ2n) is 5.52. The van der Waals surface area contributed by atoms with E-state index in [1.54, 1.807) is 31.4 Å². The number of nitro groups is 1. The van der Waals surface area contributed by atoms with Gasteiger partial charge in [0.15, 0.2) is 0 Å². The van der Waals surface area contributed by atoms with Gasteiger partial charge < -0.3 is 4.74 Å². The van der Waals surface area contributed by atoms with Gasteiger partial charge in [0.1, 0.15) is 10.9 Å². The van der Waals surface area contributed by atoms with E-state index in [2.05, 4.69) is 4.98 Å². The Bertz CT molecular complexity index is 1060. The van der Waals surface area contributed by atoms with E-state index in [9.17, 15) is 19.7 Å². The van der Waals surface area contributed by atoms with Crippen LogP contribution >= 0.6 is 11.3 Å². The quantitative estimate of drug-likeness (QED) is 0.386. The molecule has 134 valence electrons. The maximum atomic E-state index is 12.9. The zero-order valence-electron chi connectivity index (χ0n) is 14.0. The first-order valence-corrected chi connectivity index (χ1v) is 8.71. The minimum atomic E-state index is -0.822. The predicted octanol–water partition coefficient (Wildman–Crippen LogP) is 3.16. The predicted molar refractivity (Wildman–Crippen MR) is 97.3 cm³/mol. The van der Waals surface area contributed by atoms with Crippen LogP contribution in [0.1, 0.15) is 19.9 Å². The van der Waals surface area contributed by atoms with E-state index >= 15 is 0 Å². The SMILES string of the molecule is CCOC(=O)[C@H](C)n1cnc2scc(-c3cccc([N+](=O)[O-])c3)c2c1=O. The molecule has 9 heteroatoms. The van der Waals surface area contributed by atoms with Crippen LogP contribution in [-0.4, -0.2) is 27.1 Å². The summed E-state index contributed by atoms with van der Waals surface area (Å²) in [7, 11) is 0. The standard InChI is InChI=1S/C17H15N3O5S/c1-3-25-17(22)10(2)19-9-18-15-14(16(19)21)13(8-26-15)11-5-4-6-12(7-11)20(23)24/h4-10H,3H2,1-2H3/t10-/m0/s1. The highest BCUT2D eigenvalue weighted by molar-refractivity contribution is 7.17. The zero-order chi connectivity index (χ0) is 18.8. The second-order valence-corrected chi connectivity index (χ2v) is 6.38. The van der Waals surface area contributed by atoms with E-state index in [4.69, 9.17) is 4.74 Å². The number of carbonyl (C=O) groups is 1. The van der Waals surface area contributed by atoms with Crippen LogP contribution in [0.25, 0.3) is 21.3 Å². The molecule has 2 aromatic heterocycles. The average Bonchev–Trinajstić information content (AvgIpc) is 3.07. The fraction of sp³-hybridized carbons (Fsp3) is 0.235. The molecule has 8 nitrogen and oxygen atoms in total. The Morgan fingerprint density at radius 3 is 2.92 bits per heavy atom. The molecule has 0 aliphatic rings. The molecule has 0 aliphatic heterocycles. The van der Waals surface area contributed by atoms with Crippen molar-refractivity contribution in [2.24, 2.45) is 0 Å². The van der Waals surface area contributed by atoms with Gasteiger partial charge in [-0.1, -0.05) is 12.1 Å². The molecule has 0 spiro atoms. The van der Waals surface area contributed by atoms with Crippen LogP contribution in [-0.2, 0) is 9.53 Å². The number of hydrogen-bond donors (Lipinski definition) is 0. The molecule has 2 heterocycles. The van der Waals surface area contributed by atoms with Crippen molar-refractivity contribution in [2.45, 2.75) is 19.9 Å². The second kappa shape index (κ2) is 7.04. The Morgan fingerprint density at radius 2 is 2.23 bits per heavy atom. The summed E-state index contributed by atoms with van der Waals surface area (Å²) >= 11 is 1.27. The lowest BCUT2D eigenvalue weighted by atomic mass is 10.1. The van der Waals surface area contributed by atoms with Gasteiger partial charge in [-0.25, -0.2) is 9.78 Å². The van der Waals surface area contributed by atoms with Crippen molar-refractivity contribution in [3.63, 3.8) is 0 Å². The van der Waals surface area contributed by atoms with E-state index in [1.165, 1.54) is 34.4 Å². The zero-order valence-corrected chi connectivity index (χ0v) is 14.9. The number of rotatable bonds is 5. The molecule has 1 atom stereocenters. The fourth-order valence-corrected chi connectivity index (χ4v) is 3.50. The number of non-ortho nitro benzene ring substituents is 1. The summed E-state index contributed by atoms with van der Waals surface area (Å²) in [5.74, 6) is -0.525. The maximum absolute atomic E-state index is 12.9. The largest absolute Gasteiger partial charge is 0.464 e. The maximum Gasteiger partial charge on any atom is 0.328 e. The van der Waals surface area contributed by atoms with Gasteiger partial charge in [0, 0.05) is 23.1 Å². The molecule has 26 heavy (non-hydrogen) atoms. The van der Waals surface area contributed by atoms with Gasteiger partial charge in [-0.3, -0.25) is 19.5 Å². The van der Waals surface area contributed by atoms with Crippen LogP contribution in [0.3, 0.4) is 0 Å². The van der Waals surface area contributed by atoms with Gasteiger partial charge in [0.2, 0.25) is 0 Å². The van der Waals surface area contributed by atoms with Crippen molar-refractivity contribution >= 4 is 33.2 Å². The molecule has 0 radical (unpaired) electrons. The van der Waals surface area contributed by atoms with Crippen LogP contribution in [0.5, 0.6) is 0 Å². The Balaban J connectivity index is 2.16. The first-order valence-electron chi connectivity index (χ1n) is 7.83. The number of ether oxygens (including phenoxy) is 1. The molecular weight excluding hydrogens is 358 g/mol. The third-order valence-electron chi connectivity index (χ3n) is 3.93. The lowest BCUT2D eigenvalue weighted by Gasteiger charge is -2.13. The van der Waals surface area contributed by atoms with Crippen LogP contribution in [0.4, 0.5) is 5.69 Å². The fourth-order valence-electron chi connectivity index (χ4n) is 2.60. The van der Waals surface area contributed by atoms with E-state index in [0.29, 0.717) is 21.3 Å². The normalized spacial score (nSPS) is 12.1. The summed E-state index contributed by atoms with van der Waals surface area (Å²) in [6.07, 6.45) is 1.32. The highest BCUT2D eigenvalue weighted by atomic mass is 32.1. The minimum Gasteiger partial charge on any atom is -0.464 e. The first kappa shape index (κ1) is 17.7. The van der Waals surface area contributed by atoms with Crippen molar-refractivity contribution in [3.05, 3.63) is 56.4 Å². The summed E-state index contributed by atoms with van der Waals surface area (Å²) in [6.45, 7) is 3.46. The summed E-state index contributed by atoms with van der Waals surface area (Å²) in [4.78, 5) is 40.2. The van der Waals surface area contributed by atoms with Crippen molar-refractivity contribution in [2.75, 3.05) is 6.61 Å². The van der Waals surface area contributed by atoms with Crippen molar-refractivity contribution < 1.29 is 14.5 Å². The number of nitro benzene ring substituents is 1. The number of fused-ring (bicyclic) bond motifs is 1. The molecule has 3 rings (SSSR count). The minimum absolute atomic E-state index is 0.0639. The summed E-state index contributed by atoms with van der Waals surface area (Å²) in [6, 6.07) is 5.23. The number of aromatic nitrogens is 2. The van der Waals surface area contributed by atoms with Gasteiger partial charge in [-0.2, -0.15) is 0 Å². The number of hydrogen-bond acceptors (Lipinski definition) is 7. The third kappa shape index (κ3) is 3.08. The highest BCUT2D eigenvalue weighted by Gasteiger charge is 2.21. The van der Waals surface area contributed by atoms with E-state index < -0.39 is 22.5 Å². The number of carbonyl (C=O) groups excluding carboxylic acids is 1. The average molecular weight is 373 g/mol. The Morgan fingerprint density at radius 1 is 1.46 bits per heavy atom. The van der Waals surface area contributed by atoms with Crippen molar-refractivity contribution in [1.82, 2.24) is 9.55 Å². The first-order chi connectivity index (χ1) is 12.4. The van der Waals surface area contributed by atoms with Crippen molar-refractivity contribution in [1.29, 1.82) is 0 Å². The van der Waals surface area contributed by atoms with E-state index in [-0.39, 0.29) is 12.3 Å². The number of benzene rings is 1. The molecule has 1 aromatic carbocycles. The van der Waals surface area contributed by atoms with Crippen LogP contribution in [0, 0.1) is 10.1 Å².